The number of ether oxygens (including phenoxy) is 1. The van der Waals surface area contributed by atoms with Crippen LogP contribution < -0.4 is 0 Å². The van der Waals surface area contributed by atoms with Crippen LogP contribution >= 0.6 is 0 Å². The van der Waals surface area contributed by atoms with Gasteiger partial charge in [-0.1, -0.05) is 41.6 Å². The normalized spacial score (nSPS) is 11.3. The maximum Gasteiger partial charge on any atom is 0.416 e. The first-order chi connectivity index (χ1) is 11.9. The van der Waals surface area contributed by atoms with E-state index in [9.17, 15) is 18.0 Å². The molecular weight excluding hydrogens is 335 g/mol. The second-order valence-corrected chi connectivity index (χ2v) is 5.20. The van der Waals surface area contributed by atoms with Gasteiger partial charge in [0.15, 0.2) is 5.76 Å². The fourth-order valence-corrected chi connectivity index (χ4v) is 2.16. The Labute approximate surface area is 140 Å². The summed E-state index contributed by atoms with van der Waals surface area (Å²) in [4.78, 5) is 11.9. The topological polar surface area (TPSA) is 52.3 Å². The third kappa shape index (κ3) is 4.06. The summed E-state index contributed by atoms with van der Waals surface area (Å²) in [5, 5.41) is 3.78. The molecule has 0 radical (unpaired) electrons. The number of carbonyl (C=O) groups excluding carboxylic acids is 1. The zero-order chi connectivity index (χ0) is 17.9. The highest BCUT2D eigenvalue weighted by Gasteiger charge is 2.31. The molecule has 0 aliphatic carbocycles. The van der Waals surface area contributed by atoms with Gasteiger partial charge in [0, 0.05) is 11.6 Å². The van der Waals surface area contributed by atoms with Gasteiger partial charge < -0.3 is 9.26 Å². The highest BCUT2D eigenvalue weighted by Crippen LogP contribution is 2.29. The Bertz CT molecular complexity index is 873. The minimum absolute atomic E-state index is 0.179. The zero-order valence-corrected chi connectivity index (χ0v) is 12.8. The number of hydrogen-bond donors (Lipinski definition) is 0. The van der Waals surface area contributed by atoms with Gasteiger partial charge >= 0.3 is 12.1 Å². The molecular formula is C18H12F3NO3. The summed E-state index contributed by atoms with van der Waals surface area (Å²) in [6.45, 7) is -0.203. The summed E-state index contributed by atoms with van der Waals surface area (Å²) < 4.78 is 48.2. The fourth-order valence-electron chi connectivity index (χ4n) is 2.16. The summed E-state index contributed by atoms with van der Waals surface area (Å²) in [5.74, 6) is -0.360. The number of aromatic nitrogens is 1. The zero-order valence-electron chi connectivity index (χ0n) is 12.8. The van der Waals surface area contributed by atoms with Crippen LogP contribution in [0.1, 0.15) is 21.6 Å². The summed E-state index contributed by atoms with van der Waals surface area (Å²) in [5.41, 5.74) is 0.0842. The molecule has 1 aromatic heterocycles. The molecule has 0 saturated carbocycles. The van der Waals surface area contributed by atoms with Gasteiger partial charge in [0.05, 0.1) is 11.1 Å². The Kier molecular flexibility index (Phi) is 4.56. The Morgan fingerprint density at radius 1 is 1.04 bits per heavy atom. The predicted molar refractivity (Wildman–Crippen MR) is 82.5 cm³/mol. The van der Waals surface area contributed by atoms with Crippen molar-refractivity contribution >= 4 is 5.97 Å². The Balaban J connectivity index is 1.66. The molecule has 128 valence electrons. The number of benzene rings is 2. The Hall–Kier alpha value is -3.09. The number of carbonyl (C=O) groups is 1. The Morgan fingerprint density at radius 3 is 2.52 bits per heavy atom. The Morgan fingerprint density at radius 2 is 1.80 bits per heavy atom. The highest BCUT2D eigenvalue weighted by atomic mass is 19.4. The average Bonchev–Trinajstić information content (AvgIpc) is 3.09. The van der Waals surface area contributed by atoms with Crippen LogP contribution in [0.2, 0.25) is 0 Å². The van der Waals surface area contributed by atoms with E-state index < -0.39 is 17.7 Å². The van der Waals surface area contributed by atoms with E-state index in [2.05, 4.69) is 5.16 Å². The van der Waals surface area contributed by atoms with E-state index >= 15 is 0 Å². The van der Waals surface area contributed by atoms with E-state index in [1.54, 1.807) is 6.07 Å². The van der Waals surface area contributed by atoms with Crippen LogP contribution in [-0.2, 0) is 17.5 Å². The molecule has 0 aliphatic heterocycles. The molecule has 4 nitrogen and oxygen atoms in total. The second-order valence-electron chi connectivity index (χ2n) is 5.20. The van der Waals surface area contributed by atoms with Gasteiger partial charge in [-0.25, -0.2) is 4.79 Å². The summed E-state index contributed by atoms with van der Waals surface area (Å²) in [7, 11) is 0. The van der Waals surface area contributed by atoms with Gasteiger partial charge in [-0.3, -0.25) is 0 Å². The molecule has 0 aliphatic rings. The molecule has 25 heavy (non-hydrogen) atoms. The average molecular weight is 347 g/mol. The largest absolute Gasteiger partial charge is 0.455 e. The van der Waals surface area contributed by atoms with Gasteiger partial charge in [0.25, 0.3) is 0 Å². The first-order valence-electron chi connectivity index (χ1n) is 7.29. The van der Waals surface area contributed by atoms with Crippen LogP contribution in [0.15, 0.2) is 65.2 Å². The van der Waals surface area contributed by atoms with Gasteiger partial charge in [-0.15, -0.1) is 0 Å². The standard InChI is InChI=1S/C18H12F3NO3/c19-18(20,21)14-8-4-7-13(9-14)17(23)24-11-15-10-16(25-22-15)12-5-2-1-3-6-12/h1-10H,11H2. The van der Waals surface area contributed by atoms with Crippen LogP contribution in [-0.4, -0.2) is 11.1 Å². The molecule has 3 rings (SSSR count). The fraction of sp³-hybridized carbons (Fsp3) is 0.111. The second kappa shape index (κ2) is 6.80. The molecule has 0 atom stereocenters. The first-order valence-corrected chi connectivity index (χ1v) is 7.29. The van der Waals surface area contributed by atoms with E-state index in [-0.39, 0.29) is 12.2 Å². The van der Waals surface area contributed by atoms with Crippen molar-refractivity contribution in [2.75, 3.05) is 0 Å². The van der Waals surface area contributed by atoms with E-state index in [0.29, 0.717) is 11.5 Å². The van der Waals surface area contributed by atoms with Crippen LogP contribution in [0.5, 0.6) is 0 Å². The van der Waals surface area contributed by atoms with Crippen molar-refractivity contribution in [3.8, 4) is 11.3 Å². The lowest BCUT2D eigenvalue weighted by Gasteiger charge is -2.08. The van der Waals surface area contributed by atoms with Crippen molar-refractivity contribution < 1.29 is 27.2 Å². The molecule has 1 heterocycles. The van der Waals surface area contributed by atoms with E-state index in [4.69, 9.17) is 9.26 Å². The first kappa shape index (κ1) is 16.8. The van der Waals surface area contributed by atoms with Crippen LogP contribution in [0.3, 0.4) is 0 Å². The number of esters is 1. The highest BCUT2D eigenvalue weighted by molar-refractivity contribution is 5.89. The number of alkyl halides is 3. The van der Waals surface area contributed by atoms with E-state index in [1.807, 2.05) is 30.3 Å². The minimum atomic E-state index is -4.52. The van der Waals surface area contributed by atoms with E-state index in [1.165, 1.54) is 6.07 Å². The van der Waals surface area contributed by atoms with Crippen molar-refractivity contribution in [3.63, 3.8) is 0 Å². The van der Waals surface area contributed by atoms with Crippen molar-refractivity contribution in [1.82, 2.24) is 5.16 Å². The van der Waals surface area contributed by atoms with Crippen LogP contribution in [0, 0.1) is 0 Å². The third-order valence-corrected chi connectivity index (χ3v) is 3.39. The van der Waals surface area contributed by atoms with Gasteiger partial charge in [-0.05, 0) is 18.2 Å². The molecule has 0 bridgehead atoms. The number of hydrogen-bond acceptors (Lipinski definition) is 4. The molecule has 0 saturated heterocycles. The smallest absolute Gasteiger partial charge is 0.416 e. The monoisotopic (exact) mass is 347 g/mol. The lowest BCUT2D eigenvalue weighted by molar-refractivity contribution is -0.137. The van der Waals surface area contributed by atoms with Crippen molar-refractivity contribution in [1.29, 1.82) is 0 Å². The van der Waals surface area contributed by atoms with Gasteiger partial charge in [-0.2, -0.15) is 13.2 Å². The summed E-state index contributed by atoms with van der Waals surface area (Å²) in [6.07, 6.45) is -4.52. The lowest BCUT2D eigenvalue weighted by atomic mass is 10.1. The third-order valence-electron chi connectivity index (χ3n) is 3.39. The van der Waals surface area contributed by atoms with Crippen LogP contribution in [0.25, 0.3) is 11.3 Å². The summed E-state index contributed by atoms with van der Waals surface area (Å²) >= 11 is 0. The molecule has 0 spiro atoms. The van der Waals surface area contributed by atoms with Gasteiger partial charge in [0.1, 0.15) is 12.3 Å². The maximum atomic E-state index is 12.7. The maximum absolute atomic E-state index is 12.7. The molecule has 7 heteroatoms. The molecule has 2 aromatic carbocycles. The molecule has 0 unspecified atom stereocenters. The molecule has 0 N–H and O–H groups in total. The number of nitrogens with zero attached hydrogens (tertiary/aromatic N) is 1. The quantitative estimate of drug-likeness (QED) is 0.641. The van der Waals surface area contributed by atoms with E-state index in [0.717, 1.165) is 23.8 Å². The van der Waals surface area contributed by atoms with Crippen molar-refractivity contribution in [3.05, 3.63) is 77.5 Å². The predicted octanol–water partition coefficient (Wildman–Crippen LogP) is 4.72. The summed E-state index contributed by atoms with van der Waals surface area (Å²) in [6, 6.07) is 14.9. The lowest BCUT2D eigenvalue weighted by Crippen LogP contribution is -2.09. The van der Waals surface area contributed by atoms with Gasteiger partial charge in [0.2, 0.25) is 0 Å². The molecule has 0 amide bonds. The van der Waals surface area contributed by atoms with Crippen molar-refractivity contribution in [2.45, 2.75) is 12.8 Å². The van der Waals surface area contributed by atoms with Crippen molar-refractivity contribution in [2.24, 2.45) is 0 Å². The molecule has 0 fully saturated rings. The minimum Gasteiger partial charge on any atom is -0.455 e. The number of halogens is 3. The SMILES string of the molecule is O=C(OCc1cc(-c2ccccc2)on1)c1cccc(C(F)(F)F)c1. The van der Waals surface area contributed by atoms with Crippen LogP contribution in [0.4, 0.5) is 13.2 Å². The number of rotatable bonds is 4. The molecule has 3 aromatic rings.